The smallest absolute Gasteiger partial charge is 0.257 e. The van der Waals surface area contributed by atoms with Crippen LogP contribution in [0.2, 0.25) is 0 Å². The molecule has 6 aromatic carbocycles. The minimum Gasteiger partial charge on any atom is -0.484 e. The molecule has 0 unspecified atom stereocenters. The zero-order valence-electron chi connectivity index (χ0n) is 34.5. The first kappa shape index (κ1) is 44.4. The number of benzene rings is 6. The molecule has 61 heavy (non-hydrogen) atoms. The molecule has 16 heteroatoms. The molecule has 2 amide bonds. The number of hydrogen-bond donors (Lipinski definition) is 4. The number of carbonyl (C=O) groups is 2. The number of amides is 2. The van der Waals surface area contributed by atoms with Crippen molar-refractivity contribution in [2.24, 2.45) is 0 Å². The Labute approximate surface area is 357 Å². The van der Waals surface area contributed by atoms with Gasteiger partial charge in [-0.15, -0.1) is 0 Å². The molecule has 0 aliphatic heterocycles. The summed E-state index contributed by atoms with van der Waals surface area (Å²) < 4.78 is 68.9. The van der Waals surface area contributed by atoms with Gasteiger partial charge in [0.1, 0.15) is 11.5 Å². The number of ether oxygens (including phenoxy) is 2. The Balaban J connectivity index is 0.872. The molecule has 6 aromatic rings. The fraction of sp³-hybridized carbons (Fsp3) is 0.244. The summed E-state index contributed by atoms with van der Waals surface area (Å²) in [6.45, 7) is -0.270. The molecule has 0 aromatic heterocycles. The second-order valence-electron chi connectivity index (χ2n) is 14.6. The number of nitrogens with one attached hydrogen (secondary N) is 4. The third-order valence-electron chi connectivity index (χ3n) is 9.73. The maximum Gasteiger partial charge on any atom is 0.257 e. The Morgan fingerprint density at radius 1 is 0.475 bits per heavy atom. The van der Waals surface area contributed by atoms with Gasteiger partial charge in [0, 0.05) is 87.3 Å². The van der Waals surface area contributed by atoms with E-state index in [0.717, 1.165) is 33.3 Å². The maximum atomic E-state index is 13.1. The summed E-state index contributed by atoms with van der Waals surface area (Å²) >= 11 is 0. The van der Waals surface area contributed by atoms with Crippen LogP contribution < -0.4 is 39.4 Å². The van der Waals surface area contributed by atoms with Gasteiger partial charge in [0.2, 0.25) is 20.0 Å². The first-order chi connectivity index (χ1) is 29.2. The highest BCUT2D eigenvalue weighted by molar-refractivity contribution is 7.90. The average Bonchev–Trinajstić information content (AvgIpc) is 3.25. The Hall–Kier alpha value is -6.20. The van der Waals surface area contributed by atoms with Gasteiger partial charge in [-0.3, -0.25) is 9.59 Å². The van der Waals surface area contributed by atoms with Crippen molar-refractivity contribution >= 4 is 64.8 Å². The van der Waals surface area contributed by atoms with Crippen molar-refractivity contribution in [2.75, 3.05) is 77.4 Å². The van der Waals surface area contributed by atoms with Gasteiger partial charge >= 0.3 is 0 Å². The Morgan fingerprint density at radius 3 is 1.21 bits per heavy atom. The Morgan fingerprint density at radius 2 is 0.836 bits per heavy atom. The van der Waals surface area contributed by atoms with Gasteiger partial charge in [-0.25, -0.2) is 26.3 Å². The number of fused-ring (bicyclic) bond motifs is 2. The van der Waals surface area contributed by atoms with E-state index in [1.165, 1.54) is 0 Å². The van der Waals surface area contributed by atoms with Crippen molar-refractivity contribution in [1.29, 1.82) is 0 Å². The molecule has 14 nitrogen and oxygen atoms in total. The third kappa shape index (κ3) is 11.5. The molecule has 0 heterocycles. The molecular formula is C45H50N6O8S2. The Bertz CT molecular complexity index is 2520. The van der Waals surface area contributed by atoms with Crippen molar-refractivity contribution in [2.45, 2.75) is 16.2 Å². The molecule has 0 aliphatic carbocycles. The van der Waals surface area contributed by atoms with Crippen LogP contribution in [0.15, 0.2) is 131 Å². The van der Waals surface area contributed by atoms with Crippen molar-refractivity contribution in [3.05, 3.63) is 132 Å². The van der Waals surface area contributed by atoms with Crippen LogP contribution in [0.4, 0.5) is 11.4 Å². The highest BCUT2D eigenvalue weighted by Gasteiger charge is 2.20. The fourth-order valence-corrected chi connectivity index (χ4v) is 9.25. The topological polar surface area (TPSA) is 175 Å². The van der Waals surface area contributed by atoms with Gasteiger partial charge in [-0.05, 0) is 66.1 Å². The number of sulfonamides is 2. The maximum absolute atomic E-state index is 13.1. The van der Waals surface area contributed by atoms with E-state index in [1.54, 1.807) is 60.7 Å². The summed E-state index contributed by atoms with van der Waals surface area (Å²) in [5.74, 6) is 0.248. The SMILES string of the molecule is CN(C)c1cccc2c(S(=O)(=O)NCCNC(=O)COc3ccc(Cc4ccc(OCC(=O)NCCNS(=O)(=O)c5cccc6c(N(C)C)cccc56)cc4)cc3)cccc12. The number of anilines is 2. The van der Waals surface area contributed by atoms with Crippen molar-refractivity contribution in [1.82, 2.24) is 20.1 Å². The van der Waals surface area contributed by atoms with E-state index in [4.69, 9.17) is 9.47 Å². The quantitative estimate of drug-likeness (QED) is 0.0791. The zero-order valence-corrected chi connectivity index (χ0v) is 36.1. The minimum atomic E-state index is -3.83. The van der Waals surface area contributed by atoms with E-state index in [1.807, 2.05) is 98.7 Å². The second-order valence-corrected chi connectivity index (χ2v) is 18.1. The predicted octanol–water partition coefficient (Wildman–Crippen LogP) is 4.66. The predicted molar refractivity (Wildman–Crippen MR) is 240 cm³/mol. The zero-order chi connectivity index (χ0) is 43.6. The van der Waals surface area contributed by atoms with Crippen LogP contribution in [0, 0.1) is 0 Å². The normalized spacial score (nSPS) is 11.6. The summed E-state index contributed by atoms with van der Waals surface area (Å²) in [5.41, 5.74) is 3.84. The number of nitrogens with zero attached hydrogens (tertiary/aromatic N) is 2. The molecule has 320 valence electrons. The molecule has 0 saturated carbocycles. The standard InChI is InChI=1S/C45H50N6O8S2/c1-50(2)40-13-5-11-38-36(40)9-7-15-42(38)60(54,55)48-27-25-46-44(52)30-58-34-21-17-32(18-22-34)29-33-19-23-35(24-20-33)59-31-45(53)47-26-28-49-61(56,57)43-16-8-10-37-39(43)12-6-14-41(37)51(3)4/h5-24,48-49H,25-31H2,1-4H3,(H,46,52)(H,47,53). The first-order valence-corrected chi connectivity index (χ1v) is 22.5. The van der Waals surface area contributed by atoms with Crippen molar-refractivity contribution < 1.29 is 35.9 Å². The van der Waals surface area contributed by atoms with Gasteiger partial charge in [0.25, 0.3) is 11.8 Å². The summed E-state index contributed by atoms with van der Waals surface area (Å²) in [7, 11) is -0.0400. The average molecular weight is 867 g/mol. The van der Waals surface area contributed by atoms with Crippen molar-refractivity contribution in [3.63, 3.8) is 0 Å². The lowest BCUT2D eigenvalue weighted by atomic mass is 10.0. The monoisotopic (exact) mass is 866 g/mol. The van der Waals surface area contributed by atoms with Crippen LogP contribution in [-0.4, -0.2) is 96.2 Å². The van der Waals surface area contributed by atoms with E-state index < -0.39 is 20.0 Å². The van der Waals surface area contributed by atoms with Crippen LogP contribution in [0.1, 0.15) is 11.1 Å². The van der Waals surface area contributed by atoms with E-state index in [-0.39, 0.29) is 61.0 Å². The van der Waals surface area contributed by atoms with Crippen LogP contribution in [0.5, 0.6) is 11.5 Å². The number of rotatable bonds is 20. The summed E-state index contributed by atoms with van der Waals surface area (Å²) in [6, 6.07) is 36.1. The molecule has 0 spiro atoms. The molecule has 0 saturated heterocycles. The summed E-state index contributed by atoms with van der Waals surface area (Å²) in [5, 5.41) is 8.24. The van der Waals surface area contributed by atoms with Crippen LogP contribution in [0.25, 0.3) is 21.5 Å². The van der Waals surface area contributed by atoms with E-state index >= 15 is 0 Å². The molecule has 0 radical (unpaired) electrons. The minimum absolute atomic E-state index is 0.00946. The molecule has 0 bridgehead atoms. The molecule has 0 atom stereocenters. The van der Waals surface area contributed by atoms with Crippen LogP contribution in [-0.2, 0) is 36.1 Å². The van der Waals surface area contributed by atoms with Crippen LogP contribution >= 0.6 is 0 Å². The number of carbonyl (C=O) groups excluding carboxylic acids is 2. The van der Waals surface area contributed by atoms with E-state index in [0.29, 0.717) is 28.7 Å². The first-order valence-electron chi connectivity index (χ1n) is 19.6. The highest BCUT2D eigenvalue weighted by atomic mass is 32.2. The lowest BCUT2D eigenvalue weighted by molar-refractivity contribution is -0.123. The second kappa shape index (κ2) is 19.9. The summed E-state index contributed by atoms with van der Waals surface area (Å²) in [4.78, 5) is 29.1. The highest BCUT2D eigenvalue weighted by Crippen LogP contribution is 2.31. The Kier molecular flexibility index (Phi) is 14.5. The lowest BCUT2D eigenvalue weighted by Gasteiger charge is -2.17. The number of hydrogen-bond acceptors (Lipinski definition) is 10. The lowest BCUT2D eigenvalue weighted by Crippen LogP contribution is -2.36. The molecule has 4 N–H and O–H groups in total. The molecule has 0 aliphatic rings. The van der Waals surface area contributed by atoms with Gasteiger partial charge in [0.15, 0.2) is 13.2 Å². The van der Waals surface area contributed by atoms with Gasteiger partial charge < -0.3 is 29.9 Å². The fourth-order valence-electron chi connectivity index (χ4n) is 6.75. The molecule has 0 fully saturated rings. The third-order valence-corrected chi connectivity index (χ3v) is 12.8. The summed E-state index contributed by atoms with van der Waals surface area (Å²) in [6.07, 6.45) is 0.624. The van der Waals surface area contributed by atoms with Gasteiger partial charge in [0.05, 0.1) is 9.79 Å². The van der Waals surface area contributed by atoms with E-state index in [9.17, 15) is 26.4 Å². The van der Waals surface area contributed by atoms with Crippen molar-refractivity contribution in [3.8, 4) is 11.5 Å². The van der Waals surface area contributed by atoms with E-state index in [2.05, 4.69) is 20.1 Å². The largest absolute Gasteiger partial charge is 0.484 e. The van der Waals surface area contributed by atoms with Gasteiger partial charge in [-0.2, -0.15) is 0 Å². The molecule has 6 rings (SSSR count). The van der Waals surface area contributed by atoms with Gasteiger partial charge in [-0.1, -0.05) is 72.8 Å². The molecular weight excluding hydrogens is 817 g/mol. The van der Waals surface area contributed by atoms with Crippen LogP contribution in [0.3, 0.4) is 0 Å².